The van der Waals surface area contributed by atoms with E-state index >= 15 is 0 Å². The van der Waals surface area contributed by atoms with Gasteiger partial charge in [0.25, 0.3) is 0 Å². The molecule has 0 N–H and O–H groups in total. The highest BCUT2D eigenvalue weighted by atomic mass is 16.7. The summed E-state index contributed by atoms with van der Waals surface area (Å²) in [7, 11) is -0.341. The molecule has 0 unspecified atom stereocenters. The molecule has 0 amide bonds. The zero-order valence-corrected chi connectivity index (χ0v) is 17.8. The van der Waals surface area contributed by atoms with E-state index in [0.717, 1.165) is 62.5 Å². The predicted octanol–water partition coefficient (Wildman–Crippen LogP) is 2.37. The normalized spacial score (nSPS) is 22.2. The third-order valence-corrected chi connectivity index (χ3v) is 6.43. The average Bonchev–Trinajstić information content (AvgIpc) is 3.08. The molecule has 2 fully saturated rings. The van der Waals surface area contributed by atoms with Crippen molar-refractivity contribution in [1.82, 2.24) is 14.7 Å². The highest BCUT2D eigenvalue weighted by Gasteiger charge is 2.51. The largest absolute Gasteiger partial charge is 0.494 e. The van der Waals surface area contributed by atoms with Crippen molar-refractivity contribution in [3.8, 4) is 0 Å². The Bertz CT molecular complexity index is 827. The molecule has 0 radical (unpaired) electrons. The zero-order chi connectivity index (χ0) is 19.9. The summed E-state index contributed by atoms with van der Waals surface area (Å²) in [5, 5.41) is 5.99. The number of hydrogen-bond donors (Lipinski definition) is 0. The van der Waals surface area contributed by atoms with Crippen LogP contribution < -0.4 is 5.46 Å². The number of ether oxygens (including phenoxy) is 1. The van der Waals surface area contributed by atoms with Gasteiger partial charge in [0.05, 0.1) is 35.6 Å². The Morgan fingerprint density at radius 3 is 2.39 bits per heavy atom. The highest BCUT2D eigenvalue weighted by molar-refractivity contribution is 6.62. The van der Waals surface area contributed by atoms with Gasteiger partial charge in [-0.1, -0.05) is 12.1 Å². The SMILES string of the molecule is Cc1nn(CCCN2CCOCC2)c2cc(B3OC(C)(C)C(C)(C)O3)ccc12. The predicted molar refractivity (Wildman–Crippen MR) is 112 cm³/mol. The fraction of sp³-hybridized carbons (Fsp3) is 0.667. The summed E-state index contributed by atoms with van der Waals surface area (Å²) in [4.78, 5) is 2.47. The highest BCUT2D eigenvalue weighted by Crippen LogP contribution is 2.36. The molecule has 0 atom stereocenters. The van der Waals surface area contributed by atoms with Crippen LogP contribution in [0.15, 0.2) is 18.2 Å². The van der Waals surface area contributed by atoms with Gasteiger partial charge < -0.3 is 14.0 Å². The quantitative estimate of drug-likeness (QED) is 0.740. The van der Waals surface area contributed by atoms with Crippen LogP contribution in [0.1, 0.15) is 39.8 Å². The summed E-state index contributed by atoms with van der Waals surface area (Å²) >= 11 is 0. The molecule has 3 heterocycles. The lowest BCUT2D eigenvalue weighted by atomic mass is 9.79. The van der Waals surface area contributed by atoms with Gasteiger partial charge in [-0.05, 0) is 52.6 Å². The van der Waals surface area contributed by atoms with Gasteiger partial charge in [0.15, 0.2) is 0 Å². The molecule has 1 aromatic carbocycles. The molecule has 0 bridgehead atoms. The molecule has 0 spiro atoms. The Morgan fingerprint density at radius 1 is 1.04 bits per heavy atom. The maximum absolute atomic E-state index is 6.24. The van der Waals surface area contributed by atoms with Crippen LogP contribution >= 0.6 is 0 Å². The van der Waals surface area contributed by atoms with E-state index in [-0.39, 0.29) is 18.3 Å². The second kappa shape index (κ2) is 7.45. The number of benzene rings is 1. The molecular weight excluding hydrogens is 353 g/mol. The van der Waals surface area contributed by atoms with E-state index in [4.69, 9.17) is 19.1 Å². The summed E-state index contributed by atoms with van der Waals surface area (Å²) in [6.07, 6.45) is 1.08. The Hall–Kier alpha value is -1.41. The summed E-state index contributed by atoms with van der Waals surface area (Å²) in [5.74, 6) is 0. The molecule has 28 heavy (non-hydrogen) atoms. The number of aryl methyl sites for hydroxylation is 2. The van der Waals surface area contributed by atoms with Crippen molar-refractivity contribution in [3.05, 3.63) is 23.9 Å². The minimum absolute atomic E-state index is 0.332. The maximum atomic E-state index is 6.24. The molecule has 7 heteroatoms. The van der Waals surface area contributed by atoms with E-state index in [1.165, 1.54) is 5.39 Å². The van der Waals surface area contributed by atoms with Gasteiger partial charge in [-0.2, -0.15) is 5.10 Å². The minimum atomic E-state index is -0.341. The molecule has 2 saturated heterocycles. The first kappa shape index (κ1) is 19.9. The summed E-state index contributed by atoms with van der Waals surface area (Å²) in [6.45, 7) is 16.2. The Kier molecular flexibility index (Phi) is 5.29. The van der Waals surface area contributed by atoms with Gasteiger partial charge in [0.2, 0.25) is 0 Å². The van der Waals surface area contributed by atoms with Crippen LogP contribution in [0.5, 0.6) is 0 Å². The van der Waals surface area contributed by atoms with E-state index in [1.54, 1.807) is 0 Å². The van der Waals surface area contributed by atoms with E-state index in [0.29, 0.717) is 0 Å². The molecule has 2 aliphatic heterocycles. The number of hydrogen-bond acceptors (Lipinski definition) is 5. The van der Waals surface area contributed by atoms with Crippen molar-refractivity contribution in [3.63, 3.8) is 0 Å². The van der Waals surface area contributed by atoms with Crippen molar-refractivity contribution < 1.29 is 14.0 Å². The average molecular weight is 385 g/mol. The first-order valence-corrected chi connectivity index (χ1v) is 10.4. The number of aromatic nitrogens is 2. The molecule has 2 aliphatic rings. The molecular formula is C21H32BN3O3. The third kappa shape index (κ3) is 3.73. The van der Waals surface area contributed by atoms with Crippen LogP contribution in [0.4, 0.5) is 0 Å². The minimum Gasteiger partial charge on any atom is -0.399 e. The Morgan fingerprint density at radius 2 is 1.71 bits per heavy atom. The molecule has 2 aromatic rings. The lowest BCUT2D eigenvalue weighted by molar-refractivity contribution is 0.00578. The molecule has 0 saturated carbocycles. The lowest BCUT2D eigenvalue weighted by Gasteiger charge is -2.32. The van der Waals surface area contributed by atoms with Crippen molar-refractivity contribution >= 4 is 23.5 Å². The molecule has 4 rings (SSSR count). The van der Waals surface area contributed by atoms with Crippen molar-refractivity contribution in [2.75, 3.05) is 32.8 Å². The monoisotopic (exact) mass is 385 g/mol. The van der Waals surface area contributed by atoms with E-state index in [2.05, 4.69) is 62.4 Å². The summed E-state index contributed by atoms with van der Waals surface area (Å²) in [5.41, 5.74) is 2.62. The molecule has 1 aromatic heterocycles. The summed E-state index contributed by atoms with van der Waals surface area (Å²) in [6, 6.07) is 6.44. The maximum Gasteiger partial charge on any atom is 0.494 e. The fourth-order valence-electron chi connectivity index (χ4n) is 3.92. The van der Waals surface area contributed by atoms with Crippen LogP contribution in [0, 0.1) is 6.92 Å². The van der Waals surface area contributed by atoms with Crippen LogP contribution in [-0.2, 0) is 20.6 Å². The second-order valence-corrected chi connectivity index (χ2v) is 8.98. The topological polar surface area (TPSA) is 48.8 Å². The number of rotatable bonds is 5. The number of nitrogens with zero attached hydrogens (tertiary/aromatic N) is 3. The first-order valence-electron chi connectivity index (χ1n) is 10.4. The van der Waals surface area contributed by atoms with Gasteiger partial charge in [0.1, 0.15) is 0 Å². The summed E-state index contributed by atoms with van der Waals surface area (Å²) < 4.78 is 20.0. The van der Waals surface area contributed by atoms with Crippen LogP contribution in [0.3, 0.4) is 0 Å². The first-order chi connectivity index (χ1) is 13.3. The van der Waals surface area contributed by atoms with Gasteiger partial charge in [-0.15, -0.1) is 0 Å². The van der Waals surface area contributed by atoms with Gasteiger partial charge in [0, 0.05) is 31.6 Å². The van der Waals surface area contributed by atoms with E-state index < -0.39 is 0 Å². The molecule has 0 aliphatic carbocycles. The van der Waals surface area contributed by atoms with Gasteiger partial charge >= 0.3 is 7.12 Å². The van der Waals surface area contributed by atoms with Crippen LogP contribution in [0.25, 0.3) is 10.9 Å². The second-order valence-electron chi connectivity index (χ2n) is 8.98. The zero-order valence-electron chi connectivity index (χ0n) is 17.8. The van der Waals surface area contributed by atoms with Gasteiger partial charge in [-0.25, -0.2) is 0 Å². The number of fused-ring (bicyclic) bond motifs is 1. The standard InChI is InChI=1S/C21H32BN3O3/c1-16-18-8-7-17(22-27-20(2,3)21(4,5)28-22)15-19(18)25(23-16)10-6-9-24-11-13-26-14-12-24/h7-8,15H,6,9-14H2,1-5H3. The smallest absolute Gasteiger partial charge is 0.399 e. The molecule has 152 valence electrons. The lowest BCUT2D eigenvalue weighted by Crippen LogP contribution is -2.41. The fourth-order valence-corrected chi connectivity index (χ4v) is 3.92. The van der Waals surface area contributed by atoms with Crippen molar-refractivity contribution in [1.29, 1.82) is 0 Å². The van der Waals surface area contributed by atoms with Crippen LogP contribution in [0.2, 0.25) is 0 Å². The van der Waals surface area contributed by atoms with Crippen molar-refractivity contribution in [2.24, 2.45) is 0 Å². The Labute approximate surface area is 168 Å². The number of morpholine rings is 1. The van der Waals surface area contributed by atoms with E-state index in [1.807, 2.05) is 0 Å². The Balaban J connectivity index is 1.51. The van der Waals surface area contributed by atoms with E-state index in [9.17, 15) is 0 Å². The third-order valence-electron chi connectivity index (χ3n) is 6.43. The van der Waals surface area contributed by atoms with Gasteiger partial charge in [-0.3, -0.25) is 9.58 Å². The van der Waals surface area contributed by atoms with Crippen LogP contribution in [-0.4, -0.2) is 65.8 Å². The molecule has 6 nitrogen and oxygen atoms in total. The van der Waals surface area contributed by atoms with Crippen molar-refractivity contribution in [2.45, 2.75) is 58.8 Å².